The summed E-state index contributed by atoms with van der Waals surface area (Å²) in [6.45, 7) is 2.60. The lowest BCUT2D eigenvalue weighted by atomic mass is 9.48. The molecule has 7 nitrogen and oxygen atoms in total. The molecule has 5 aliphatic rings. The van der Waals surface area contributed by atoms with Gasteiger partial charge in [-0.1, -0.05) is 56.1 Å². The van der Waals surface area contributed by atoms with Crippen LogP contribution in [0.2, 0.25) is 0 Å². The number of imide groups is 2. The maximum absolute atomic E-state index is 13.7. The van der Waals surface area contributed by atoms with Crippen molar-refractivity contribution in [3.63, 3.8) is 0 Å². The summed E-state index contributed by atoms with van der Waals surface area (Å²) in [7, 11) is 0. The Morgan fingerprint density at radius 2 is 1.49 bits per heavy atom. The summed E-state index contributed by atoms with van der Waals surface area (Å²) in [6.07, 6.45) is 9.28. The molecule has 0 spiro atoms. The van der Waals surface area contributed by atoms with Crippen molar-refractivity contribution in [2.75, 3.05) is 11.5 Å². The molecule has 0 radical (unpaired) electrons. The van der Waals surface area contributed by atoms with Gasteiger partial charge < -0.3 is 9.47 Å². The summed E-state index contributed by atoms with van der Waals surface area (Å²) in [4.78, 5) is 40.7. The maximum atomic E-state index is 13.7. The maximum Gasteiger partial charge on any atom is 0.335 e. The molecule has 1 aliphatic heterocycles. The van der Waals surface area contributed by atoms with E-state index < -0.39 is 17.8 Å². The molecule has 232 valence electrons. The number of barbiturate groups is 1. The molecule has 0 atom stereocenters. The number of benzene rings is 3. The molecule has 4 bridgehead atoms. The van der Waals surface area contributed by atoms with Crippen molar-refractivity contribution in [3.8, 4) is 11.5 Å². The Balaban J connectivity index is 1.14. The molecule has 4 amide bonds. The fraction of sp³-hybridized carbons (Fsp3) is 0.361. The normalized spacial score (nSPS) is 26.4. The molecular formula is C36H34Br2N2O5. The number of hydrogen-bond donors (Lipinski definition) is 1. The van der Waals surface area contributed by atoms with Crippen LogP contribution < -0.4 is 19.7 Å². The lowest BCUT2D eigenvalue weighted by Crippen LogP contribution is -2.54. The summed E-state index contributed by atoms with van der Waals surface area (Å²) in [5, 5.41) is 2.35. The van der Waals surface area contributed by atoms with Crippen LogP contribution in [-0.2, 0) is 21.6 Å². The van der Waals surface area contributed by atoms with Gasteiger partial charge in [0, 0.05) is 8.95 Å². The van der Waals surface area contributed by atoms with Crippen LogP contribution in [0.1, 0.15) is 62.1 Å². The third kappa shape index (κ3) is 5.85. The van der Waals surface area contributed by atoms with E-state index in [-0.39, 0.29) is 11.0 Å². The van der Waals surface area contributed by atoms with E-state index in [1.165, 1.54) is 50.2 Å². The summed E-state index contributed by atoms with van der Waals surface area (Å²) < 4.78 is 13.5. The van der Waals surface area contributed by atoms with Gasteiger partial charge in [0.2, 0.25) is 0 Å². The standard InChI is InChI=1S/C36H34Br2N2O5/c1-2-44-31-15-25(30(38)16-32(31)45-20-21-3-7-27(37)8-4-21)14-29-33(41)39-35(43)40(34(29)42)28-9-5-26(6-10-28)36-17-22-11-23(18-36)13-24(12-22)19-36/h3-10,14-16,22-24H,2,11-13,17-20H2,1H3,(H,39,41,43)/b29-14+. The molecular weight excluding hydrogens is 700 g/mol. The summed E-state index contributed by atoms with van der Waals surface area (Å²) >= 11 is 7.01. The van der Waals surface area contributed by atoms with Gasteiger partial charge >= 0.3 is 6.03 Å². The van der Waals surface area contributed by atoms with Crippen LogP contribution >= 0.6 is 31.9 Å². The number of halogens is 2. The van der Waals surface area contributed by atoms with Gasteiger partial charge in [-0.25, -0.2) is 9.69 Å². The Labute approximate surface area is 279 Å². The van der Waals surface area contributed by atoms with Crippen LogP contribution in [0.15, 0.2) is 75.2 Å². The highest BCUT2D eigenvalue weighted by molar-refractivity contribution is 9.10. The van der Waals surface area contributed by atoms with Crippen LogP contribution in [0.25, 0.3) is 6.08 Å². The molecule has 8 rings (SSSR count). The number of ether oxygens (including phenoxy) is 2. The van der Waals surface area contributed by atoms with Crippen LogP contribution in [0.5, 0.6) is 11.5 Å². The molecule has 4 aliphatic carbocycles. The molecule has 9 heteroatoms. The van der Waals surface area contributed by atoms with E-state index in [1.807, 2.05) is 43.3 Å². The molecule has 1 saturated heterocycles. The van der Waals surface area contributed by atoms with Crippen LogP contribution in [0.3, 0.4) is 0 Å². The Bertz CT molecular complexity index is 1660. The van der Waals surface area contributed by atoms with E-state index in [0.29, 0.717) is 40.4 Å². The van der Waals surface area contributed by atoms with Crippen molar-refractivity contribution >= 4 is 61.5 Å². The molecule has 45 heavy (non-hydrogen) atoms. The smallest absolute Gasteiger partial charge is 0.335 e. The second kappa shape index (κ2) is 12.1. The van der Waals surface area contributed by atoms with Crippen LogP contribution in [0, 0.1) is 17.8 Å². The minimum Gasteiger partial charge on any atom is -0.490 e. The zero-order valence-corrected chi connectivity index (χ0v) is 28.2. The Morgan fingerprint density at radius 1 is 0.867 bits per heavy atom. The second-order valence-electron chi connectivity index (χ2n) is 12.9. The van der Waals surface area contributed by atoms with Gasteiger partial charge in [0.25, 0.3) is 11.8 Å². The molecule has 0 unspecified atom stereocenters. The summed E-state index contributed by atoms with van der Waals surface area (Å²) in [5.41, 5.74) is 3.34. The summed E-state index contributed by atoms with van der Waals surface area (Å²) in [5.74, 6) is 2.03. The SMILES string of the molecule is CCOc1cc(/C=C2\C(=O)NC(=O)N(c3ccc(C45CC6CC(CC(C6)C4)C5)cc3)C2=O)c(Br)cc1OCc1ccc(Br)cc1. The van der Waals surface area contributed by atoms with E-state index in [4.69, 9.17) is 9.47 Å². The van der Waals surface area contributed by atoms with Crippen molar-refractivity contribution in [2.45, 2.75) is 57.5 Å². The quantitative estimate of drug-likeness (QED) is 0.186. The average Bonchev–Trinajstić information content (AvgIpc) is 3.00. The number of rotatable bonds is 8. The molecule has 5 fully saturated rings. The highest BCUT2D eigenvalue weighted by Crippen LogP contribution is 2.60. The number of urea groups is 1. The first-order valence-corrected chi connectivity index (χ1v) is 17.2. The van der Waals surface area contributed by atoms with E-state index in [2.05, 4.69) is 49.3 Å². The van der Waals surface area contributed by atoms with Crippen molar-refractivity contribution < 1.29 is 23.9 Å². The molecule has 4 saturated carbocycles. The first kappa shape index (κ1) is 30.2. The number of nitrogens with one attached hydrogen (secondary N) is 1. The number of nitrogens with zero attached hydrogens (tertiary/aromatic N) is 1. The zero-order valence-electron chi connectivity index (χ0n) is 25.0. The third-order valence-corrected chi connectivity index (χ3v) is 11.1. The van der Waals surface area contributed by atoms with Gasteiger partial charge in [0.05, 0.1) is 12.3 Å². The first-order valence-electron chi connectivity index (χ1n) is 15.6. The van der Waals surface area contributed by atoms with Crippen molar-refractivity contribution in [2.24, 2.45) is 17.8 Å². The van der Waals surface area contributed by atoms with Gasteiger partial charge in [0.15, 0.2) is 11.5 Å². The number of amides is 4. The molecule has 1 heterocycles. The first-order chi connectivity index (χ1) is 21.7. The van der Waals surface area contributed by atoms with Gasteiger partial charge in [0.1, 0.15) is 12.2 Å². The average molecular weight is 734 g/mol. The second-order valence-corrected chi connectivity index (χ2v) is 14.6. The van der Waals surface area contributed by atoms with Crippen molar-refractivity contribution in [1.29, 1.82) is 0 Å². The highest BCUT2D eigenvalue weighted by atomic mass is 79.9. The number of anilines is 1. The lowest BCUT2D eigenvalue weighted by molar-refractivity contribution is -0.122. The van der Waals surface area contributed by atoms with Crippen molar-refractivity contribution in [3.05, 3.63) is 91.9 Å². The Kier molecular flexibility index (Phi) is 8.10. The minimum absolute atomic E-state index is 0.147. The van der Waals surface area contributed by atoms with Gasteiger partial charge in [-0.15, -0.1) is 0 Å². The van der Waals surface area contributed by atoms with Crippen molar-refractivity contribution in [1.82, 2.24) is 5.32 Å². The molecule has 3 aromatic carbocycles. The monoisotopic (exact) mass is 732 g/mol. The van der Waals surface area contributed by atoms with Crippen LogP contribution in [-0.4, -0.2) is 24.5 Å². The predicted molar refractivity (Wildman–Crippen MR) is 179 cm³/mol. The molecule has 0 aromatic heterocycles. The van der Waals surface area contributed by atoms with Gasteiger partial charge in [-0.3, -0.25) is 14.9 Å². The van der Waals surface area contributed by atoms with E-state index in [1.54, 1.807) is 12.1 Å². The number of carbonyl (C=O) groups is 3. The fourth-order valence-electron chi connectivity index (χ4n) is 8.26. The molecule has 1 N–H and O–H groups in total. The highest BCUT2D eigenvalue weighted by Gasteiger charge is 2.51. The lowest BCUT2D eigenvalue weighted by Gasteiger charge is -2.57. The zero-order chi connectivity index (χ0) is 31.3. The Hall–Kier alpha value is -3.43. The molecule has 3 aromatic rings. The largest absolute Gasteiger partial charge is 0.490 e. The number of carbonyl (C=O) groups excluding carboxylic acids is 3. The van der Waals surface area contributed by atoms with Gasteiger partial charge in [-0.2, -0.15) is 0 Å². The Morgan fingerprint density at radius 3 is 2.11 bits per heavy atom. The van der Waals surface area contributed by atoms with E-state index >= 15 is 0 Å². The summed E-state index contributed by atoms with van der Waals surface area (Å²) in [6, 6.07) is 18.4. The number of hydrogen-bond acceptors (Lipinski definition) is 5. The van der Waals surface area contributed by atoms with Crippen LogP contribution in [0.4, 0.5) is 10.5 Å². The third-order valence-electron chi connectivity index (χ3n) is 9.85. The van der Waals surface area contributed by atoms with Gasteiger partial charge in [-0.05, 0) is 128 Å². The van der Waals surface area contributed by atoms with E-state index in [0.717, 1.165) is 32.7 Å². The minimum atomic E-state index is -0.754. The predicted octanol–water partition coefficient (Wildman–Crippen LogP) is 8.32. The topological polar surface area (TPSA) is 84.9 Å². The van der Waals surface area contributed by atoms with E-state index in [9.17, 15) is 14.4 Å². The fourth-order valence-corrected chi connectivity index (χ4v) is 8.96.